The van der Waals surface area contributed by atoms with Crippen LogP contribution in [0.3, 0.4) is 0 Å². The van der Waals surface area contributed by atoms with Gasteiger partial charge >= 0.3 is 0 Å². The van der Waals surface area contributed by atoms with Crippen LogP contribution in [0.15, 0.2) is 54.9 Å². The van der Waals surface area contributed by atoms with Crippen LogP contribution in [-0.2, 0) is 10.3 Å². The van der Waals surface area contributed by atoms with Crippen LogP contribution in [0.2, 0.25) is 0 Å². The average Bonchev–Trinajstić information content (AvgIpc) is 3.37. The number of aliphatic hydroxyl groups excluding tert-OH is 1. The van der Waals surface area contributed by atoms with Gasteiger partial charge in [0.2, 0.25) is 5.91 Å². The van der Waals surface area contributed by atoms with E-state index in [0.717, 1.165) is 16.8 Å². The van der Waals surface area contributed by atoms with Gasteiger partial charge < -0.3 is 21.5 Å². The third-order valence-corrected chi connectivity index (χ3v) is 7.43. The topological polar surface area (TPSA) is 159 Å². The van der Waals surface area contributed by atoms with Gasteiger partial charge in [-0.25, -0.2) is 4.98 Å². The van der Waals surface area contributed by atoms with Gasteiger partial charge in [0, 0.05) is 35.0 Å². The number of hydrogen-bond donors (Lipinski definition) is 3. The second kappa shape index (κ2) is 9.85. The summed E-state index contributed by atoms with van der Waals surface area (Å²) < 4.78 is 1.46. The number of nitrogen functional groups attached to an aromatic ring is 1. The van der Waals surface area contributed by atoms with Gasteiger partial charge in [0.15, 0.2) is 5.65 Å². The van der Waals surface area contributed by atoms with Gasteiger partial charge in [-0.3, -0.25) is 9.78 Å². The van der Waals surface area contributed by atoms with Gasteiger partial charge in [0.05, 0.1) is 23.1 Å². The van der Waals surface area contributed by atoms with Crippen molar-refractivity contribution in [3.05, 3.63) is 66.1 Å². The molecule has 194 valence electrons. The van der Waals surface area contributed by atoms with Crippen molar-refractivity contribution in [2.45, 2.75) is 50.7 Å². The zero-order valence-corrected chi connectivity index (χ0v) is 21.4. The number of rotatable bonds is 5. The van der Waals surface area contributed by atoms with Crippen molar-refractivity contribution in [3.63, 3.8) is 0 Å². The molecule has 1 aromatic carbocycles. The zero-order valence-electron chi connectivity index (χ0n) is 21.4. The molecule has 3 aromatic heterocycles. The van der Waals surface area contributed by atoms with E-state index in [1.165, 1.54) is 4.52 Å². The fraction of sp³-hybridized carbons (Fsp3) is 0.321. The van der Waals surface area contributed by atoms with Crippen LogP contribution in [0.5, 0.6) is 0 Å². The number of nitrogens with zero attached hydrogens (tertiary/aromatic N) is 6. The Bertz CT molecular complexity index is 1530. The van der Waals surface area contributed by atoms with Crippen molar-refractivity contribution in [2.24, 2.45) is 5.73 Å². The molecule has 1 saturated heterocycles. The van der Waals surface area contributed by atoms with Crippen LogP contribution in [0, 0.1) is 11.3 Å². The van der Waals surface area contributed by atoms with Gasteiger partial charge in [0.25, 0.3) is 0 Å². The van der Waals surface area contributed by atoms with E-state index in [1.54, 1.807) is 17.3 Å². The number of hydrogen-bond acceptors (Lipinski definition) is 8. The summed E-state index contributed by atoms with van der Waals surface area (Å²) >= 11 is 0. The number of likely N-dealkylation sites (tertiary alicyclic amines) is 1. The molecule has 0 aliphatic carbocycles. The van der Waals surface area contributed by atoms with Crippen LogP contribution in [0.1, 0.15) is 44.4 Å². The Morgan fingerprint density at radius 2 is 1.95 bits per heavy atom. The molecule has 1 aliphatic rings. The number of aliphatic hydroxyl groups is 1. The molecule has 4 aromatic rings. The van der Waals surface area contributed by atoms with E-state index >= 15 is 0 Å². The van der Waals surface area contributed by atoms with Crippen molar-refractivity contribution < 1.29 is 9.90 Å². The summed E-state index contributed by atoms with van der Waals surface area (Å²) in [5, 5.41) is 24.0. The third-order valence-electron chi connectivity index (χ3n) is 7.43. The molecule has 0 spiro atoms. The van der Waals surface area contributed by atoms with E-state index in [-0.39, 0.29) is 29.4 Å². The molecule has 10 nitrogen and oxygen atoms in total. The fourth-order valence-electron chi connectivity index (χ4n) is 5.67. The largest absolute Gasteiger partial charge is 0.387 e. The highest BCUT2D eigenvalue weighted by Crippen LogP contribution is 2.40. The average molecular weight is 511 g/mol. The first-order chi connectivity index (χ1) is 18.3. The molecular formula is C28H30N8O2. The Labute approximate surface area is 220 Å². The zero-order chi connectivity index (χ0) is 27.0. The normalized spacial score (nSPS) is 21.4. The number of carbonyl (C=O) groups is 1. The van der Waals surface area contributed by atoms with Crippen LogP contribution < -0.4 is 11.5 Å². The number of pyridine rings is 1. The van der Waals surface area contributed by atoms with E-state index in [2.05, 4.69) is 16.2 Å². The number of anilines is 1. The fourth-order valence-corrected chi connectivity index (χ4v) is 5.67. The van der Waals surface area contributed by atoms with Gasteiger partial charge in [-0.15, -0.1) is 0 Å². The lowest BCUT2D eigenvalue weighted by Crippen LogP contribution is -2.59. The SMILES string of the molecule is CCC1CC(N)(c2nc3c(-c4ccc(-c5ccccc5)nc4)cnn3c(N)c2C#N)CC(C)N1C(=O)CO. The standard InChI is InChI=1S/C28H30N8O2/c1-3-20-12-28(31,11-17(2)35(20)24(38)16-37)25-21(13-29)26(30)36-27(34-25)22(15-33-36)19-9-10-23(32-14-19)18-7-5-4-6-8-18/h4-10,14-15,17,20,37H,3,11-12,16,30-31H2,1-2H3. The number of carbonyl (C=O) groups excluding carboxylic acids is 1. The van der Waals surface area contributed by atoms with Crippen molar-refractivity contribution >= 4 is 17.4 Å². The van der Waals surface area contributed by atoms with Crippen LogP contribution in [-0.4, -0.2) is 54.2 Å². The highest BCUT2D eigenvalue weighted by atomic mass is 16.3. The maximum atomic E-state index is 12.5. The minimum absolute atomic E-state index is 0.159. The summed E-state index contributed by atoms with van der Waals surface area (Å²) in [6.45, 7) is 3.31. The Morgan fingerprint density at radius 1 is 1.18 bits per heavy atom. The third kappa shape index (κ3) is 4.16. The number of benzene rings is 1. The summed E-state index contributed by atoms with van der Waals surface area (Å²) in [7, 11) is 0. The maximum Gasteiger partial charge on any atom is 0.248 e. The number of amides is 1. The summed E-state index contributed by atoms with van der Waals surface area (Å²) in [5.41, 5.74) is 16.9. The van der Waals surface area contributed by atoms with Crippen molar-refractivity contribution in [3.8, 4) is 28.5 Å². The number of piperidine rings is 1. The van der Waals surface area contributed by atoms with Gasteiger partial charge in [0.1, 0.15) is 24.1 Å². The Hall–Kier alpha value is -4.33. The molecule has 3 atom stereocenters. The Balaban J connectivity index is 1.60. The minimum atomic E-state index is -1.01. The second-order valence-electron chi connectivity index (χ2n) is 9.86. The van der Waals surface area contributed by atoms with Crippen LogP contribution in [0.4, 0.5) is 5.82 Å². The Morgan fingerprint density at radius 3 is 2.58 bits per heavy atom. The molecule has 5 rings (SSSR count). The lowest BCUT2D eigenvalue weighted by Gasteiger charge is -2.48. The minimum Gasteiger partial charge on any atom is -0.387 e. The summed E-state index contributed by atoms with van der Waals surface area (Å²) in [6.07, 6.45) is 4.82. The van der Waals surface area contributed by atoms with Crippen molar-refractivity contribution in [1.82, 2.24) is 24.5 Å². The van der Waals surface area contributed by atoms with Gasteiger partial charge in [-0.05, 0) is 32.3 Å². The van der Waals surface area contributed by atoms with Gasteiger partial charge in [-0.1, -0.05) is 43.3 Å². The molecule has 38 heavy (non-hydrogen) atoms. The highest BCUT2D eigenvalue weighted by Gasteiger charge is 2.45. The maximum absolute atomic E-state index is 12.5. The van der Waals surface area contributed by atoms with Crippen molar-refractivity contribution in [2.75, 3.05) is 12.3 Å². The quantitative estimate of drug-likeness (QED) is 0.369. The summed E-state index contributed by atoms with van der Waals surface area (Å²) in [5.74, 6) is -0.175. The second-order valence-corrected chi connectivity index (χ2v) is 9.86. The lowest BCUT2D eigenvalue weighted by atomic mass is 9.76. The first-order valence-corrected chi connectivity index (χ1v) is 12.6. The van der Waals surface area contributed by atoms with E-state index in [1.807, 2.05) is 56.3 Å². The molecule has 4 heterocycles. The van der Waals surface area contributed by atoms with E-state index in [0.29, 0.717) is 36.2 Å². The molecule has 0 bridgehead atoms. The molecule has 3 unspecified atom stereocenters. The molecule has 0 saturated carbocycles. The first-order valence-electron chi connectivity index (χ1n) is 12.6. The monoisotopic (exact) mass is 510 g/mol. The van der Waals surface area contributed by atoms with Crippen LogP contribution in [0.25, 0.3) is 28.0 Å². The summed E-state index contributed by atoms with van der Waals surface area (Å²) in [4.78, 5) is 23.7. The molecule has 1 amide bonds. The number of nitriles is 1. The molecule has 10 heteroatoms. The number of fused-ring (bicyclic) bond motifs is 1. The van der Waals surface area contributed by atoms with Gasteiger partial charge in [-0.2, -0.15) is 14.9 Å². The molecule has 1 fully saturated rings. The van der Waals surface area contributed by atoms with Crippen molar-refractivity contribution in [1.29, 1.82) is 5.26 Å². The highest BCUT2D eigenvalue weighted by molar-refractivity contribution is 5.80. The Kier molecular flexibility index (Phi) is 6.57. The lowest BCUT2D eigenvalue weighted by molar-refractivity contribution is -0.142. The molecule has 1 aliphatic heterocycles. The molecular weight excluding hydrogens is 480 g/mol. The smallest absolute Gasteiger partial charge is 0.248 e. The predicted octanol–water partition coefficient (Wildman–Crippen LogP) is 2.85. The van der Waals surface area contributed by atoms with Crippen LogP contribution >= 0.6 is 0 Å². The molecule has 0 radical (unpaired) electrons. The summed E-state index contributed by atoms with van der Waals surface area (Å²) in [6, 6.07) is 15.5. The number of nitrogens with two attached hydrogens (primary N) is 2. The van der Waals surface area contributed by atoms with E-state index in [9.17, 15) is 15.2 Å². The first kappa shape index (κ1) is 25.3. The van der Waals surface area contributed by atoms with E-state index < -0.39 is 12.1 Å². The van der Waals surface area contributed by atoms with E-state index in [4.69, 9.17) is 16.5 Å². The predicted molar refractivity (Wildman–Crippen MR) is 143 cm³/mol. The number of aromatic nitrogens is 4. The molecule has 5 N–H and O–H groups in total.